The third-order valence-corrected chi connectivity index (χ3v) is 6.47. The van der Waals surface area contributed by atoms with Crippen molar-refractivity contribution in [1.82, 2.24) is 4.90 Å². The Labute approximate surface area is 210 Å². The van der Waals surface area contributed by atoms with Crippen molar-refractivity contribution in [2.24, 2.45) is 0 Å². The number of methoxy groups -OCH3 is 1. The van der Waals surface area contributed by atoms with E-state index in [1.54, 1.807) is 0 Å². The second-order valence-corrected chi connectivity index (χ2v) is 9.58. The highest BCUT2D eigenvalue weighted by Crippen LogP contribution is 2.36. The van der Waals surface area contributed by atoms with Gasteiger partial charge in [0.05, 0.1) is 13.5 Å². The number of ether oxygens (including phenoxy) is 2. The second kappa shape index (κ2) is 13.1. The number of nitrogens with zero attached hydrogens (tertiary/aromatic N) is 1. The largest absolute Gasteiger partial charge is 0.489 e. The summed E-state index contributed by atoms with van der Waals surface area (Å²) in [7, 11) is 1.43. The highest BCUT2D eigenvalue weighted by Gasteiger charge is 2.23. The van der Waals surface area contributed by atoms with Crippen molar-refractivity contribution in [3.05, 3.63) is 101 Å². The molecule has 0 saturated carbocycles. The molecule has 35 heavy (non-hydrogen) atoms. The standard InChI is InChI=1S/C31H39NO3/c1-23(2)32(24(3)4)19-18-28(27-14-10-7-11-15-27)29-20-26(21-31(33)34-5)16-17-30(29)35-22-25-12-8-6-9-13-25/h6-17,20,23-24,28H,18-19,21-22H2,1-5H3. The van der Waals surface area contributed by atoms with Gasteiger partial charge in [-0.25, -0.2) is 0 Å². The zero-order chi connectivity index (χ0) is 25.2. The Bertz CT molecular complexity index is 1040. The molecule has 4 nitrogen and oxygen atoms in total. The molecule has 0 amide bonds. The Hall–Kier alpha value is -3.11. The van der Waals surface area contributed by atoms with Gasteiger partial charge in [-0.05, 0) is 63.4 Å². The number of rotatable bonds is 12. The van der Waals surface area contributed by atoms with Gasteiger partial charge in [0.15, 0.2) is 0 Å². The van der Waals surface area contributed by atoms with E-state index in [4.69, 9.17) is 9.47 Å². The lowest BCUT2D eigenvalue weighted by Crippen LogP contribution is -2.38. The van der Waals surface area contributed by atoms with Crippen LogP contribution in [0.2, 0.25) is 0 Å². The monoisotopic (exact) mass is 473 g/mol. The second-order valence-electron chi connectivity index (χ2n) is 9.58. The number of benzene rings is 3. The molecule has 1 atom stereocenters. The molecule has 3 aromatic rings. The lowest BCUT2D eigenvalue weighted by molar-refractivity contribution is -0.139. The lowest BCUT2D eigenvalue weighted by atomic mass is 9.86. The van der Waals surface area contributed by atoms with E-state index in [-0.39, 0.29) is 18.3 Å². The van der Waals surface area contributed by atoms with E-state index >= 15 is 0 Å². The fourth-order valence-electron chi connectivity index (χ4n) is 4.66. The number of hydrogen-bond donors (Lipinski definition) is 0. The fourth-order valence-corrected chi connectivity index (χ4v) is 4.66. The molecular weight excluding hydrogens is 434 g/mol. The molecule has 0 radical (unpaired) electrons. The topological polar surface area (TPSA) is 38.8 Å². The average Bonchev–Trinajstić information content (AvgIpc) is 2.86. The predicted octanol–water partition coefficient (Wildman–Crippen LogP) is 6.62. The van der Waals surface area contributed by atoms with Crippen LogP contribution in [-0.2, 0) is 22.6 Å². The number of carbonyl (C=O) groups is 1. The molecule has 0 aliphatic rings. The summed E-state index contributed by atoms with van der Waals surface area (Å²) in [5.74, 6) is 0.757. The molecule has 0 aliphatic carbocycles. The van der Waals surface area contributed by atoms with Crippen LogP contribution in [0.1, 0.15) is 62.3 Å². The molecule has 3 aromatic carbocycles. The molecule has 0 saturated heterocycles. The summed E-state index contributed by atoms with van der Waals surface area (Å²) in [5, 5.41) is 0. The van der Waals surface area contributed by atoms with Crippen molar-refractivity contribution < 1.29 is 14.3 Å². The van der Waals surface area contributed by atoms with Crippen LogP contribution in [0, 0.1) is 0 Å². The van der Waals surface area contributed by atoms with Crippen LogP contribution in [0.15, 0.2) is 78.9 Å². The number of hydrogen-bond acceptors (Lipinski definition) is 4. The molecule has 0 N–H and O–H groups in total. The van der Waals surface area contributed by atoms with Gasteiger partial charge in [-0.3, -0.25) is 9.69 Å². The van der Waals surface area contributed by atoms with Crippen molar-refractivity contribution in [2.75, 3.05) is 13.7 Å². The van der Waals surface area contributed by atoms with Gasteiger partial charge in [-0.1, -0.05) is 72.8 Å². The normalized spacial score (nSPS) is 12.2. The average molecular weight is 474 g/mol. The maximum atomic E-state index is 12.0. The van der Waals surface area contributed by atoms with Crippen LogP contribution in [0.5, 0.6) is 5.75 Å². The summed E-state index contributed by atoms with van der Waals surface area (Å²) in [6.45, 7) is 10.5. The molecule has 3 rings (SSSR count). The van der Waals surface area contributed by atoms with E-state index < -0.39 is 0 Å². The summed E-state index contributed by atoms with van der Waals surface area (Å²) in [4.78, 5) is 14.6. The minimum atomic E-state index is -0.240. The van der Waals surface area contributed by atoms with E-state index in [9.17, 15) is 4.79 Å². The molecule has 1 unspecified atom stereocenters. The molecule has 4 heteroatoms. The maximum Gasteiger partial charge on any atom is 0.309 e. The van der Waals surface area contributed by atoms with Gasteiger partial charge in [0.2, 0.25) is 0 Å². The highest BCUT2D eigenvalue weighted by atomic mass is 16.5. The van der Waals surface area contributed by atoms with Crippen LogP contribution in [-0.4, -0.2) is 36.6 Å². The van der Waals surface area contributed by atoms with Gasteiger partial charge < -0.3 is 9.47 Å². The first kappa shape index (κ1) is 26.5. The lowest BCUT2D eigenvalue weighted by Gasteiger charge is -2.32. The summed E-state index contributed by atoms with van der Waals surface area (Å²) in [5.41, 5.74) is 4.42. The smallest absolute Gasteiger partial charge is 0.309 e. The van der Waals surface area contributed by atoms with Crippen molar-refractivity contribution in [2.45, 2.75) is 65.1 Å². The molecule has 0 spiro atoms. The van der Waals surface area contributed by atoms with E-state index in [1.807, 2.05) is 30.3 Å². The molecule has 0 aliphatic heterocycles. The predicted molar refractivity (Wildman–Crippen MR) is 143 cm³/mol. The Morgan fingerprint density at radius 1 is 0.829 bits per heavy atom. The maximum absolute atomic E-state index is 12.0. The van der Waals surface area contributed by atoms with Gasteiger partial charge in [-0.2, -0.15) is 0 Å². The van der Waals surface area contributed by atoms with Gasteiger partial charge in [0.1, 0.15) is 12.4 Å². The fraction of sp³-hybridized carbons (Fsp3) is 0.387. The third-order valence-electron chi connectivity index (χ3n) is 6.47. The first-order chi connectivity index (χ1) is 16.9. The van der Waals surface area contributed by atoms with Gasteiger partial charge >= 0.3 is 5.97 Å². The Morgan fingerprint density at radius 2 is 1.46 bits per heavy atom. The summed E-state index contributed by atoms with van der Waals surface area (Å²) in [6.07, 6.45) is 1.19. The van der Waals surface area contributed by atoms with E-state index in [0.717, 1.165) is 35.4 Å². The molecule has 0 fully saturated rings. The van der Waals surface area contributed by atoms with Crippen molar-refractivity contribution >= 4 is 5.97 Å². The van der Waals surface area contributed by atoms with Crippen LogP contribution in [0.25, 0.3) is 0 Å². The summed E-state index contributed by atoms with van der Waals surface area (Å²) in [6, 6.07) is 27.9. The van der Waals surface area contributed by atoms with Crippen LogP contribution >= 0.6 is 0 Å². The summed E-state index contributed by atoms with van der Waals surface area (Å²) < 4.78 is 11.3. The minimum Gasteiger partial charge on any atom is -0.489 e. The zero-order valence-corrected chi connectivity index (χ0v) is 21.7. The van der Waals surface area contributed by atoms with Crippen LogP contribution in [0.4, 0.5) is 0 Å². The molecule has 0 bridgehead atoms. The SMILES string of the molecule is COC(=O)Cc1ccc(OCc2ccccc2)c(C(CCN(C(C)C)C(C)C)c2ccccc2)c1. The number of carbonyl (C=O) groups excluding carboxylic acids is 1. The molecule has 186 valence electrons. The van der Waals surface area contributed by atoms with E-state index in [2.05, 4.69) is 81.1 Å². The molecule has 0 heterocycles. The highest BCUT2D eigenvalue weighted by molar-refractivity contribution is 5.72. The molecular formula is C31H39NO3. The van der Waals surface area contributed by atoms with Crippen LogP contribution < -0.4 is 4.74 Å². The quantitative estimate of drug-likeness (QED) is 0.277. The first-order valence-electron chi connectivity index (χ1n) is 12.6. The Balaban J connectivity index is 1.99. The van der Waals surface area contributed by atoms with Crippen LogP contribution in [0.3, 0.4) is 0 Å². The van der Waals surface area contributed by atoms with Gasteiger partial charge in [-0.15, -0.1) is 0 Å². The van der Waals surface area contributed by atoms with Gasteiger partial charge in [0, 0.05) is 23.6 Å². The first-order valence-corrected chi connectivity index (χ1v) is 12.6. The van der Waals surface area contributed by atoms with Crippen molar-refractivity contribution in [3.63, 3.8) is 0 Å². The summed E-state index contributed by atoms with van der Waals surface area (Å²) >= 11 is 0. The third kappa shape index (κ3) is 7.69. The Morgan fingerprint density at radius 3 is 2.06 bits per heavy atom. The van der Waals surface area contributed by atoms with Crippen molar-refractivity contribution in [3.8, 4) is 5.75 Å². The number of esters is 1. The van der Waals surface area contributed by atoms with Crippen molar-refractivity contribution in [1.29, 1.82) is 0 Å². The minimum absolute atomic E-state index is 0.138. The van der Waals surface area contributed by atoms with Gasteiger partial charge in [0.25, 0.3) is 0 Å². The molecule has 0 aromatic heterocycles. The zero-order valence-electron chi connectivity index (χ0n) is 21.7. The van der Waals surface area contributed by atoms with E-state index in [1.165, 1.54) is 12.7 Å². The Kier molecular flexibility index (Phi) is 9.92. The van der Waals surface area contributed by atoms with E-state index in [0.29, 0.717) is 18.7 Å².